The van der Waals surface area contributed by atoms with Crippen LogP contribution in [-0.2, 0) is 0 Å². The Bertz CT molecular complexity index is 419. The summed E-state index contributed by atoms with van der Waals surface area (Å²) in [5.74, 6) is 0.0214. The second kappa shape index (κ2) is 4.84. The van der Waals surface area contributed by atoms with Crippen molar-refractivity contribution in [1.29, 1.82) is 0 Å². The van der Waals surface area contributed by atoms with Gasteiger partial charge in [-0.15, -0.1) is 0 Å². The lowest BCUT2D eigenvalue weighted by Gasteiger charge is -2.36. The molecule has 1 fully saturated rings. The lowest BCUT2D eigenvalue weighted by Crippen LogP contribution is -2.48. The number of nitrogens with two attached hydrogens (primary N) is 1. The first kappa shape index (κ1) is 12.0. The molecule has 0 spiro atoms. The maximum atomic E-state index is 12.3. The van der Waals surface area contributed by atoms with Crippen molar-refractivity contribution >= 4 is 5.91 Å². The molecule has 1 aliphatic heterocycles. The average Bonchev–Trinajstić information content (AvgIpc) is 2.28. The maximum Gasteiger partial charge on any atom is 0.272 e. The molecule has 1 aromatic heterocycles. The topological polar surface area (TPSA) is 59.2 Å². The van der Waals surface area contributed by atoms with E-state index in [-0.39, 0.29) is 18.0 Å². The molecule has 2 heterocycles. The van der Waals surface area contributed by atoms with Crippen LogP contribution < -0.4 is 5.73 Å². The van der Waals surface area contributed by atoms with Crippen LogP contribution in [0.4, 0.5) is 0 Å². The SMILES string of the molecule is Cc1cccc(C(=O)N2CCC(N)CC2C)n1. The van der Waals surface area contributed by atoms with Crippen LogP contribution in [0.25, 0.3) is 0 Å². The average molecular weight is 233 g/mol. The largest absolute Gasteiger partial charge is 0.334 e. The van der Waals surface area contributed by atoms with E-state index in [0.29, 0.717) is 5.69 Å². The van der Waals surface area contributed by atoms with E-state index in [9.17, 15) is 4.79 Å². The van der Waals surface area contributed by atoms with Crippen molar-refractivity contribution in [2.45, 2.75) is 38.8 Å². The minimum Gasteiger partial charge on any atom is -0.334 e. The first-order valence-electron chi connectivity index (χ1n) is 6.08. The van der Waals surface area contributed by atoms with Gasteiger partial charge in [0.2, 0.25) is 0 Å². The second-order valence-electron chi connectivity index (χ2n) is 4.80. The molecule has 1 saturated heterocycles. The smallest absolute Gasteiger partial charge is 0.272 e. The molecule has 1 aliphatic rings. The Morgan fingerprint density at radius 3 is 2.94 bits per heavy atom. The fourth-order valence-corrected chi connectivity index (χ4v) is 2.32. The number of aryl methyl sites for hydroxylation is 1. The van der Waals surface area contributed by atoms with Crippen molar-refractivity contribution in [2.75, 3.05) is 6.54 Å². The predicted octanol–water partition coefficient (Wildman–Crippen LogP) is 1.34. The highest BCUT2D eigenvalue weighted by Crippen LogP contribution is 2.18. The Balaban J connectivity index is 2.15. The molecule has 92 valence electrons. The maximum absolute atomic E-state index is 12.3. The Morgan fingerprint density at radius 1 is 1.53 bits per heavy atom. The van der Waals surface area contributed by atoms with Crippen LogP contribution in [-0.4, -0.2) is 34.4 Å². The van der Waals surface area contributed by atoms with Gasteiger partial charge in [-0.2, -0.15) is 0 Å². The molecule has 4 heteroatoms. The number of hydrogen-bond donors (Lipinski definition) is 1. The van der Waals surface area contributed by atoms with Crippen molar-refractivity contribution in [1.82, 2.24) is 9.88 Å². The van der Waals surface area contributed by atoms with Gasteiger partial charge >= 0.3 is 0 Å². The van der Waals surface area contributed by atoms with Crippen molar-refractivity contribution in [3.63, 3.8) is 0 Å². The first-order chi connectivity index (χ1) is 8.08. The molecule has 2 rings (SSSR count). The van der Waals surface area contributed by atoms with E-state index in [1.54, 1.807) is 6.07 Å². The van der Waals surface area contributed by atoms with Crippen molar-refractivity contribution in [3.05, 3.63) is 29.6 Å². The van der Waals surface area contributed by atoms with Crippen LogP contribution in [0.5, 0.6) is 0 Å². The van der Waals surface area contributed by atoms with E-state index < -0.39 is 0 Å². The summed E-state index contributed by atoms with van der Waals surface area (Å²) in [6, 6.07) is 5.96. The Kier molecular flexibility index (Phi) is 3.43. The molecule has 4 nitrogen and oxygen atoms in total. The van der Waals surface area contributed by atoms with E-state index in [1.165, 1.54) is 0 Å². The molecule has 0 saturated carbocycles. The molecular formula is C13H19N3O. The minimum absolute atomic E-state index is 0.0214. The molecule has 0 aromatic carbocycles. The van der Waals surface area contributed by atoms with Gasteiger partial charge in [-0.25, -0.2) is 4.98 Å². The fraction of sp³-hybridized carbons (Fsp3) is 0.538. The van der Waals surface area contributed by atoms with Crippen LogP contribution >= 0.6 is 0 Å². The summed E-state index contributed by atoms with van der Waals surface area (Å²) in [5, 5.41) is 0. The number of pyridine rings is 1. The van der Waals surface area contributed by atoms with Crippen LogP contribution in [0.15, 0.2) is 18.2 Å². The predicted molar refractivity (Wildman–Crippen MR) is 66.7 cm³/mol. The number of aromatic nitrogens is 1. The summed E-state index contributed by atoms with van der Waals surface area (Å²) >= 11 is 0. The normalized spacial score (nSPS) is 24.8. The lowest BCUT2D eigenvalue weighted by atomic mass is 9.99. The summed E-state index contributed by atoms with van der Waals surface area (Å²) in [4.78, 5) is 18.5. The number of piperidine rings is 1. The molecule has 0 aliphatic carbocycles. The van der Waals surface area contributed by atoms with Gasteiger partial charge < -0.3 is 10.6 Å². The number of nitrogens with zero attached hydrogens (tertiary/aromatic N) is 2. The molecule has 2 atom stereocenters. The Labute approximate surface area is 102 Å². The van der Waals surface area contributed by atoms with Crippen LogP contribution in [0.1, 0.15) is 35.9 Å². The van der Waals surface area contributed by atoms with Gasteiger partial charge in [0, 0.05) is 24.3 Å². The van der Waals surface area contributed by atoms with Gasteiger partial charge in [0.05, 0.1) is 0 Å². The quantitative estimate of drug-likeness (QED) is 0.796. The number of likely N-dealkylation sites (tertiary alicyclic amines) is 1. The standard InChI is InChI=1S/C13H19N3O/c1-9-4-3-5-12(15-9)13(17)16-7-6-11(14)8-10(16)2/h3-5,10-11H,6-8,14H2,1-2H3. The summed E-state index contributed by atoms with van der Waals surface area (Å²) in [5.41, 5.74) is 7.30. The summed E-state index contributed by atoms with van der Waals surface area (Å²) in [6.07, 6.45) is 1.75. The van der Waals surface area contributed by atoms with E-state index in [2.05, 4.69) is 4.98 Å². The van der Waals surface area contributed by atoms with Gasteiger partial charge in [-0.05, 0) is 38.8 Å². The highest BCUT2D eigenvalue weighted by Gasteiger charge is 2.28. The third kappa shape index (κ3) is 2.64. The molecule has 0 radical (unpaired) electrons. The lowest BCUT2D eigenvalue weighted by molar-refractivity contribution is 0.0612. The van der Waals surface area contributed by atoms with Gasteiger partial charge in [-0.1, -0.05) is 6.07 Å². The van der Waals surface area contributed by atoms with Gasteiger partial charge in [0.1, 0.15) is 5.69 Å². The Morgan fingerprint density at radius 2 is 2.29 bits per heavy atom. The van der Waals surface area contributed by atoms with Crippen LogP contribution in [0.3, 0.4) is 0 Å². The number of rotatable bonds is 1. The number of amides is 1. The van der Waals surface area contributed by atoms with Crippen LogP contribution in [0.2, 0.25) is 0 Å². The highest BCUT2D eigenvalue weighted by atomic mass is 16.2. The van der Waals surface area contributed by atoms with E-state index >= 15 is 0 Å². The van der Waals surface area contributed by atoms with Crippen molar-refractivity contribution in [3.8, 4) is 0 Å². The summed E-state index contributed by atoms with van der Waals surface area (Å²) in [7, 11) is 0. The van der Waals surface area contributed by atoms with Gasteiger partial charge in [-0.3, -0.25) is 4.79 Å². The monoisotopic (exact) mass is 233 g/mol. The third-order valence-corrected chi connectivity index (χ3v) is 3.29. The number of carbonyl (C=O) groups is 1. The van der Waals surface area contributed by atoms with Gasteiger partial charge in [0.15, 0.2) is 0 Å². The molecule has 1 amide bonds. The summed E-state index contributed by atoms with van der Waals surface area (Å²) in [6.45, 7) is 4.68. The first-order valence-corrected chi connectivity index (χ1v) is 6.08. The zero-order valence-electron chi connectivity index (χ0n) is 10.4. The van der Waals surface area contributed by atoms with E-state index in [4.69, 9.17) is 5.73 Å². The molecule has 2 N–H and O–H groups in total. The Hall–Kier alpha value is -1.42. The molecule has 17 heavy (non-hydrogen) atoms. The molecule has 1 aromatic rings. The minimum atomic E-state index is 0.0214. The van der Waals surface area contributed by atoms with E-state index in [1.807, 2.05) is 30.9 Å². The van der Waals surface area contributed by atoms with E-state index in [0.717, 1.165) is 25.1 Å². The molecular weight excluding hydrogens is 214 g/mol. The molecule has 0 bridgehead atoms. The summed E-state index contributed by atoms with van der Waals surface area (Å²) < 4.78 is 0. The number of carbonyl (C=O) groups excluding carboxylic acids is 1. The van der Waals surface area contributed by atoms with Crippen molar-refractivity contribution in [2.24, 2.45) is 5.73 Å². The van der Waals surface area contributed by atoms with Gasteiger partial charge in [0.25, 0.3) is 5.91 Å². The molecule has 2 unspecified atom stereocenters. The van der Waals surface area contributed by atoms with Crippen LogP contribution in [0, 0.1) is 6.92 Å². The highest BCUT2D eigenvalue weighted by molar-refractivity contribution is 5.92. The van der Waals surface area contributed by atoms with Crippen molar-refractivity contribution < 1.29 is 4.79 Å². The number of hydrogen-bond acceptors (Lipinski definition) is 3. The zero-order valence-corrected chi connectivity index (χ0v) is 10.4. The third-order valence-electron chi connectivity index (χ3n) is 3.29. The zero-order chi connectivity index (χ0) is 12.4. The second-order valence-corrected chi connectivity index (χ2v) is 4.80. The fourth-order valence-electron chi connectivity index (χ4n) is 2.32.